The van der Waals surface area contributed by atoms with Gasteiger partial charge in [-0.25, -0.2) is 0 Å². The van der Waals surface area contributed by atoms with E-state index in [9.17, 15) is 30.0 Å². The van der Waals surface area contributed by atoms with Crippen molar-refractivity contribution in [2.75, 3.05) is 39.3 Å². The number of amides is 2. The van der Waals surface area contributed by atoms with E-state index in [-0.39, 0.29) is 11.8 Å². The fourth-order valence-electron chi connectivity index (χ4n) is 4.46. The number of carbonyl (C=O) groups is 2. The minimum atomic E-state index is -0.529. The zero-order chi connectivity index (χ0) is 25.7. The van der Waals surface area contributed by atoms with E-state index in [2.05, 4.69) is 10.6 Å². The Morgan fingerprint density at radius 2 is 0.912 bits per heavy atom. The summed E-state index contributed by atoms with van der Waals surface area (Å²) >= 11 is 0. The van der Waals surface area contributed by atoms with Crippen molar-refractivity contribution in [1.82, 2.24) is 20.4 Å². The van der Waals surface area contributed by atoms with Gasteiger partial charge in [-0.1, -0.05) is 0 Å². The number of piperazine rings is 1. The van der Waals surface area contributed by atoms with Crippen molar-refractivity contribution in [3.8, 4) is 0 Å². The quantitative estimate of drug-likeness (QED) is 0.141. The Balaban J connectivity index is 2.34. The summed E-state index contributed by atoms with van der Waals surface area (Å²) in [6.07, 6.45) is 2.32. The second-order valence-electron chi connectivity index (χ2n) is 10.0. The Kier molecular flexibility index (Phi) is 14.8. The molecule has 4 unspecified atom stereocenters. The van der Waals surface area contributed by atoms with E-state index in [1.54, 1.807) is 27.7 Å². The predicted molar refractivity (Wildman–Crippen MR) is 131 cm³/mol. The minimum Gasteiger partial charge on any atom is -0.392 e. The van der Waals surface area contributed by atoms with Gasteiger partial charge in [-0.15, -0.1) is 0 Å². The van der Waals surface area contributed by atoms with Crippen LogP contribution in [0.2, 0.25) is 0 Å². The molecule has 0 radical (unpaired) electrons. The van der Waals surface area contributed by atoms with Gasteiger partial charge >= 0.3 is 0 Å². The van der Waals surface area contributed by atoms with Crippen LogP contribution in [0.5, 0.6) is 0 Å². The highest BCUT2D eigenvalue weighted by Gasteiger charge is 2.32. The van der Waals surface area contributed by atoms with Gasteiger partial charge in [-0.2, -0.15) is 0 Å². The number of rotatable bonds is 18. The molecule has 1 rings (SSSR count). The van der Waals surface area contributed by atoms with Gasteiger partial charge in [0, 0.05) is 26.2 Å². The number of hydrogen-bond donors (Lipinski definition) is 6. The van der Waals surface area contributed by atoms with E-state index in [1.807, 2.05) is 9.80 Å². The number of nitrogens with one attached hydrogen (secondary N) is 2. The van der Waals surface area contributed by atoms with Crippen LogP contribution in [-0.2, 0) is 9.59 Å². The predicted octanol–water partition coefficient (Wildman–Crippen LogP) is -0.563. The van der Waals surface area contributed by atoms with E-state index in [0.717, 1.165) is 25.7 Å². The lowest BCUT2D eigenvalue weighted by Crippen LogP contribution is -2.61. The van der Waals surface area contributed by atoms with Gasteiger partial charge in [0.15, 0.2) is 0 Å². The van der Waals surface area contributed by atoms with E-state index in [0.29, 0.717) is 52.1 Å². The van der Waals surface area contributed by atoms with Gasteiger partial charge in [0.2, 0.25) is 11.8 Å². The minimum absolute atomic E-state index is 0.153. The molecule has 0 aromatic rings. The van der Waals surface area contributed by atoms with Crippen molar-refractivity contribution < 1.29 is 30.0 Å². The second kappa shape index (κ2) is 16.4. The summed E-state index contributed by atoms with van der Waals surface area (Å²) in [5.41, 5.74) is 0. The van der Waals surface area contributed by atoms with Crippen molar-refractivity contribution in [2.45, 2.75) is 103 Å². The maximum Gasteiger partial charge on any atom is 0.243 e. The molecule has 6 atom stereocenters. The lowest BCUT2D eigenvalue weighted by molar-refractivity contribution is -0.137. The smallest absolute Gasteiger partial charge is 0.243 e. The third-order valence-electron chi connectivity index (χ3n) is 5.79. The molecule has 1 aliphatic heterocycles. The molecule has 1 heterocycles. The largest absolute Gasteiger partial charge is 0.392 e. The fraction of sp³-hybridized carbons (Fsp3) is 0.917. The Labute approximate surface area is 204 Å². The summed E-state index contributed by atoms with van der Waals surface area (Å²) < 4.78 is 0. The zero-order valence-corrected chi connectivity index (χ0v) is 21.4. The number of aliphatic hydroxyl groups excluding tert-OH is 4. The number of aliphatic hydroxyl groups is 4. The highest BCUT2D eigenvalue weighted by Crippen LogP contribution is 2.12. The van der Waals surface area contributed by atoms with Crippen molar-refractivity contribution in [3.05, 3.63) is 0 Å². The fourth-order valence-corrected chi connectivity index (χ4v) is 4.46. The van der Waals surface area contributed by atoms with Crippen molar-refractivity contribution in [2.24, 2.45) is 0 Å². The monoisotopic (exact) mass is 488 g/mol. The Bertz CT molecular complexity index is 518. The van der Waals surface area contributed by atoms with Gasteiger partial charge in [0.25, 0.3) is 0 Å². The van der Waals surface area contributed by atoms with Crippen molar-refractivity contribution >= 4 is 11.8 Å². The molecule has 200 valence electrons. The summed E-state index contributed by atoms with van der Waals surface area (Å²) in [6.45, 7) is 10.2. The van der Waals surface area contributed by atoms with Gasteiger partial charge in [0.1, 0.15) is 12.1 Å². The number of unbranched alkanes of at least 4 members (excludes halogenated alkanes) is 2. The first-order valence-corrected chi connectivity index (χ1v) is 12.8. The third kappa shape index (κ3) is 13.6. The summed E-state index contributed by atoms with van der Waals surface area (Å²) in [7, 11) is 0. The highest BCUT2D eigenvalue weighted by atomic mass is 16.3. The third-order valence-corrected chi connectivity index (χ3v) is 5.79. The number of carbonyl (C=O) groups excluding carboxylic acids is 2. The van der Waals surface area contributed by atoms with E-state index in [4.69, 9.17) is 0 Å². The molecule has 0 saturated carbocycles. The molecule has 1 fully saturated rings. The molecule has 0 spiro atoms. The average Bonchev–Trinajstić information content (AvgIpc) is 2.69. The van der Waals surface area contributed by atoms with Crippen LogP contribution in [-0.4, -0.2) is 118 Å². The maximum absolute atomic E-state index is 12.5. The maximum atomic E-state index is 12.5. The van der Waals surface area contributed by atoms with E-state index >= 15 is 0 Å². The molecule has 0 aliphatic carbocycles. The number of nitrogens with zero attached hydrogens (tertiary/aromatic N) is 2. The topological polar surface area (TPSA) is 146 Å². The lowest BCUT2D eigenvalue weighted by Gasteiger charge is -2.30. The van der Waals surface area contributed by atoms with Gasteiger partial charge < -0.3 is 31.1 Å². The van der Waals surface area contributed by atoms with Crippen LogP contribution in [0.15, 0.2) is 0 Å². The molecule has 1 aliphatic rings. The first-order chi connectivity index (χ1) is 16.0. The number of hydrogen-bond acceptors (Lipinski definition) is 8. The van der Waals surface area contributed by atoms with Gasteiger partial charge in [-0.05, 0) is 79.3 Å². The lowest BCUT2D eigenvalue weighted by atomic mass is 10.0. The molecule has 10 nitrogen and oxygen atoms in total. The molecule has 2 amide bonds. The van der Waals surface area contributed by atoms with Crippen LogP contribution < -0.4 is 10.6 Å². The summed E-state index contributed by atoms with van der Waals surface area (Å²) in [5.74, 6) is -0.307. The normalized spacial score (nSPS) is 22.4. The molecule has 6 N–H and O–H groups in total. The average molecular weight is 489 g/mol. The Morgan fingerprint density at radius 1 is 0.618 bits per heavy atom. The molecule has 0 aromatic heterocycles. The summed E-state index contributed by atoms with van der Waals surface area (Å²) in [5, 5.41) is 44.1. The SMILES string of the molecule is CC(O)CN(CCCC[C@@H]1NC(=O)[C@H](CCCCN(CC(C)O)CC(C)O)NC1=O)CC(C)O. The van der Waals surface area contributed by atoms with Crippen molar-refractivity contribution in [1.29, 1.82) is 0 Å². The van der Waals surface area contributed by atoms with Crippen LogP contribution in [0, 0.1) is 0 Å². The molecule has 34 heavy (non-hydrogen) atoms. The molecule has 0 aromatic carbocycles. The van der Waals surface area contributed by atoms with Crippen LogP contribution in [0.1, 0.15) is 66.2 Å². The standard InChI is InChI=1S/C24H48N4O6/c1-17(29)13-27(14-18(2)30)11-7-5-9-21-23(33)26-22(24(34)25-21)10-6-8-12-28(15-19(3)31)16-20(4)32/h17-22,29-32H,5-16H2,1-4H3,(H,25,34)(H,26,33)/t17?,18?,19?,20?,21-,22-/m0/s1. The van der Waals surface area contributed by atoms with Crippen LogP contribution in [0.25, 0.3) is 0 Å². The molecular formula is C24H48N4O6. The first kappa shape index (κ1) is 30.7. The highest BCUT2D eigenvalue weighted by molar-refractivity contribution is 5.96. The van der Waals surface area contributed by atoms with Crippen LogP contribution in [0.4, 0.5) is 0 Å². The van der Waals surface area contributed by atoms with Crippen LogP contribution in [0.3, 0.4) is 0 Å². The Morgan fingerprint density at radius 3 is 1.18 bits per heavy atom. The summed E-state index contributed by atoms with van der Waals surface area (Å²) in [6, 6.07) is -1.06. The van der Waals surface area contributed by atoms with Crippen LogP contribution >= 0.6 is 0 Å². The Hall–Kier alpha value is -1.30. The molecule has 1 saturated heterocycles. The molecule has 10 heteroatoms. The van der Waals surface area contributed by atoms with Gasteiger partial charge in [-0.3, -0.25) is 19.4 Å². The van der Waals surface area contributed by atoms with Crippen molar-refractivity contribution in [3.63, 3.8) is 0 Å². The first-order valence-electron chi connectivity index (χ1n) is 12.8. The van der Waals surface area contributed by atoms with Gasteiger partial charge in [0.05, 0.1) is 24.4 Å². The molecule has 0 bridgehead atoms. The zero-order valence-electron chi connectivity index (χ0n) is 21.4. The molecular weight excluding hydrogens is 440 g/mol. The second-order valence-corrected chi connectivity index (χ2v) is 10.0. The van der Waals surface area contributed by atoms with E-state index < -0.39 is 36.5 Å². The summed E-state index contributed by atoms with van der Waals surface area (Å²) in [4.78, 5) is 29.0. The van der Waals surface area contributed by atoms with E-state index in [1.165, 1.54) is 0 Å².